The Morgan fingerprint density at radius 2 is 1.96 bits per heavy atom. The number of nitrogens with zero attached hydrogens (tertiary/aromatic N) is 2. The van der Waals surface area contributed by atoms with Gasteiger partial charge in [-0.2, -0.15) is 0 Å². The Hall–Kier alpha value is -2.94. The van der Waals surface area contributed by atoms with Crippen LogP contribution >= 0.6 is 0 Å². The Morgan fingerprint density at radius 3 is 2.54 bits per heavy atom. The van der Waals surface area contributed by atoms with Crippen LogP contribution in [0.3, 0.4) is 0 Å². The summed E-state index contributed by atoms with van der Waals surface area (Å²) in [5, 5.41) is 11.5. The highest BCUT2D eigenvalue weighted by molar-refractivity contribution is 6.19. The molecule has 8 nitrogen and oxygen atoms in total. The first-order valence-electron chi connectivity index (χ1n) is 8.94. The highest BCUT2D eigenvalue weighted by atomic mass is 19.1. The van der Waals surface area contributed by atoms with Crippen molar-refractivity contribution in [3.8, 4) is 0 Å². The topological polar surface area (TPSA) is 99.2 Å². The molecule has 0 bridgehead atoms. The van der Waals surface area contributed by atoms with Gasteiger partial charge in [0.1, 0.15) is 12.4 Å². The number of piperazine rings is 1. The normalized spacial score (nSPS) is 19.7. The van der Waals surface area contributed by atoms with Gasteiger partial charge in [0.05, 0.1) is 11.3 Å². The lowest BCUT2D eigenvalue weighted by atomic mass is 10.0. The molecular formula is C19H22FN3O5. The van der Waals surface area contributed by atoms with E-state index < -0.39 is 24.6 Å². The molecule has 3 rings (SSSR count). The lowest BCUT2D eigenvalue weighted by Gasteiger charge is -2.36. The molecule has 2 heterocycles. The maximum atomic E-state index is 14.8. The van der Waals surface area contributed by atoms with Crippen LogP contribution in [0.5, 0.6) is 0 Å². The molecule has 2 aliphatic heterocycles. The molecule has 1 atom stereocenters. The second-order valence-electron chi connectivity index (χ2n) is 6.74. The Kier molecular flexibility index (Phi) is 5.64. The molecule has 0 unspecified atom stereocenters. The number of nitrogens with one attached hydrogen (secondary N) is 1. The Bertz CT molecular complexity index is 846. The minimum atomic E-state index is -0.847. The summed E-state index contributed by atoms with van der Waals surface area (Å²) >= 11 is 0. The van der Waals surface area contributed by atoms with Crippen molar-refractivity contribution in [2.75, 3.05) is 37.7 Å². The Balaban J connectivity index is 1.78. The minimum Gasteiger partial charge on any atom is -0.434 e. The van der Waals surface area contributed by atoms with Gasteiger partial charge in [-0.3, -0.25) is 9.59 Å². The summed E-state index contributed by atoms with van der Waals surface area (Å²) in [6.07, 6.45) is -0.847. The van der Waals surface area contributed by atoms with Gasteiger partial charge in [-0.05, 0) is 24.6 Å². The first-order chi connectivity index (χ1) is 13.3. The summed E-state index contributed by atoms with van der Waals surface area (Å²) in [6.45, 7) is 4.12. The van der Waals surface area contributed by atoms with E-state index in [9.17, 15) is 18.8 Å². The summed E-state index contributed by atoms with van der Waals surface area (Å²) in [5.41, 5.74) is 1.51. The summed E-state index contributed by atoms with van der Waals surface area (Å²) in [7, 11) is 0. The molecule has 1 saturated heterocycles. The Labute approximate surface area is 161 Å². The predicted octanol–water partition coefficient (Wildman–Crippen LogP) is 0.259. The van der Waals surface area contributed by atoms with Gasteiger partial charge in [0, 0.05) is 38.7 Å². The second-order valence-corrected chi connectivity index (χ2v) is 6.74. The number of rotatable bonds is 4. The third-order valence-electron chi connectivity index (χ3n) is 4.90. The van der Waals surface area contributed by atoms with Crippen molar-refractivity contribution in [1.82, 2.24) is 10.2 Å². The molecular weight excluding hydrogens is 369 g/mol. The van der Waals surface area contributed by atoms with Crippen LogP contribution < -0.4 is 10.2 Å². The fourth-order valence-electron chi connectivity index (χ4n) is 3.43. The standard InChI is InChI=1S/C19H22FN3O5/c1-11-17(19(27)28-18(11)21-12(2)25)13-3-4-15(14(20)9-13)22-5-7-23(8-6-22)16(26)10-24/h3-4,9,18,24H,5-8,10H2,1-2H3,(H,21,25)/t18-/m1/s1. The van der Waals surface area contributed by atoms with Crippen molar-refractivity contribution in [2.24, 2.45) is 0 Å². The minimum absolute atomic E-state index is 0.238. The van der Waals surface area contributed by atoms with E-state index in [1.807, 2.05) is 4.90 Å². The number of ether oxygens (including phenoxy) is 1. The maximum Gasteiger partial charge on any atom is 0.341 e. The van der Waals surface area contributed by atoms with E-state index in [0.29, 0.717) is 43.0 Å². The van der Waals surface area contributed by atoms with Gasteiger partial charge in [0.25, 0.3) is 0 Å². The highest BCUT2D eigenvalue weighted by Gasteiger charge is 2.33. The first-order valence-corrected chi connectivity index (χ1v) is 8.94. The number of aliphatic hydroxyl groups is 1. The van der Waals surface area contributed by atoms with Crippen LogP contribution in [0.25, 0.3) is 5.57 Å². The van der Waals surface area contributed by atoms with Crippen LogP contribution in [0, 0.1) is 5.82 Å². The smallest absolute Gasteiger partial charge is 0.341 e. The van der Waals surface area contributed by atoms with Crippen LogP contribution in [0.2, 0.25) is 0 Å². The summed E-state index contributed by atoms with van der Waals surface area (Å²) in [6, 6.07) is 4.50. The van der Waals surface area contributed by atoms with E-state index in [2.05, 4.69) is 5.32 Å². The fraction of sp³-hybridized carbons (Fsp3) is 0.421. The van der Waals surface area contributed by atoms with E-state index >= 15 is 0 Å². The SMILES string of the molecule is CC(=O)N[C@@H]1OC(=O)C(c2ccc(N3CCN(C(=O)CO)CC3)c(F)c2)=C1C. The van der Waals surface area contributed by atoms with Crippen LogP contribution in [-0.4, -0.2) is 66.8 Å². The third-order valence-corrected chi connectivity index (χ3v) is 4.90. The zero-order valence-electron chi connectivity index (χ0n) is 15.7. The average Bonchev–Trinajstić information content (AvgIpc) is 2.94. The van der Waals surface area contributed by atoms with Gasteiger partial charge in [-0.15, -0.1) is 0 Å². The molecule has 1 aromatic carbocycles. The number of benzene rings is 1. The molecule has 28 heavy (non-hydrogen) atoms. The number of carbonyl (C=O) groups is 3. The molecule has 0 radical (unpaired) electrons. The van der Waals surface area contributed by atoms with Crippen LogP contribution in [0.1, 0.15) is 19.4 Å². The van der Waals surface area contributed by atoms with Crippen LogP contribution in [-0.2, 0) is 19.1 Å². The first kappa shape index (κ1) is 19.8. The number of hydrogen-bond acceptors (Lipinski definition) is 6. The third kappa shape index (κ3) is 3.84. The highest BCUT2D eigenvalue weighted by Crippen LogP contribution is 2.32. The fourth-order valence-corrected chi connectivity index (χ4v) is 3.43. The van der Waals surface area contributed by atoms with E-state index in [4.69, 9.17) is 9.84 Å². The van der Waals surface area contributed by atoms with Crippen molar-refractivity contribution in [3.63, 3.8) is 0 Å². The van der Waals surface area contributed by atoms with E-state index in [1.54, 1.807) is 19.1 Å². The molecule has 0 aliphatic carbocycles. The lowest BCUT2D eigenvalue weighted by molar-refractivity contribution is -0.140. The van der Waals surface area contributed by atoms with Crippen molar-refractivity contribution in [1.29, 1.82) is 0 Å². The number of anilines is 1. The Morgan fingerprint density at radius 1 is 1.29 bits per heavy atom. The summed E-state index contributed by atoms with van der Waals surface area (Å²) < 4.78 is 19.9. The maximum absolute atomic E-state index is 14.8. The van der Waals surface area contributed by atoms with Gasteiger partial charge in [-0.1, -0.05) is 6.07 Å². The number of carbonyl (C=O) groups excluding carboxylic acids is 3. The average molecular weight is 391 g/mol. The molecule has 2 aliphatic rings. The van der Waals surface area contributed by atoms with Crippen LogP contribution in [0.4, 0.5) is 10.1 Å². The quantitative estimate of drug-likeness (QED) is 0.715. The summed E-state index contributed by atoms with van der Waals surface area (Å²) in [5.74, 6) is -1.78. The van der Waals surface area contributed by atoms with E-state index in [0.717, 1.165) is 0 Å². The predicted molar refractivity (Wildman–Crippen MR) is 98.6 cm³/mol. The second kappa shape index (κ2) is 7.97. The lowest BCUT2D eigenvalue weighted by Crippen LogP contribution is -2.49. The van der Waals surface area contributed by atoms with Crippen molar-refractivity contribution >= 4 is 29.0 Å². The van der Waals surface area contributed by atoms with Gasteiger partial charge in [0.2, 0.25) is 11.8 Å². The molecule has 2 amide bonds. The van der Waals surface area contributed by atoms with Gasteiger partial charge in [-0.25, -0.2) is 9.18 Å². The monoisotopic (exact) mass is 391 g/mol. The number of aliphatic hydroxyl groups excluding tert-OH is 1. The van der Waals surface area contributed by atoms with E-state index in [1.165, 1.54) is 17.9 Å². The van der Waals surface area contributed by atoms with E-state index in [-0.39, 0.29) is 17.4 Å². The van der Waals surface area contributed by atoms with Crippen LogP contribution in [0.15, 0.2) is 23.8 Å². The number of amides is 2. The zero-order chi connectivity index (χ0) is 20.4. The molecule has 0 saturated carbocycles. The molecule has 0 spiro atoms. The van der Waals surface area contributed by atoms with Gasteiger partial charge in [0.15, 0.2) is 6.23 Å². The zero-order valence-corrected chi connectivity index (χ0v) is 15.7. The number of esters is 1. The van der Waals surface area contributed by atoms with Gasteiger partial charge >= 0.3 is 5.97 Å². The molecule has 0 aromatic heterocycles. The molecule has 2 N–H and O–H groups in total. The number of hydrogen-bond donors (Lipinski definition) is 2. The largest absolute Gasteiger partial charge is 0.434 e. The van der Waals surface area contributed by atoms with Gasteiger partial charge < -0.3 is 25.0 Å². The molecule has 9 heteroatoms. The van der Waals surface area contributed by atoms with Crippen molar-refractivity contribution in [3.05, 3.63) is 35.2 Å². The van der Waals surface area contributed by atoms with Crippen molar-refractivity contribution < 1.29 is 28.6 Å². The summed E-state index contributed by atoms with van der Waals surface area (Å²) in [4.78, 5) is 38.3. The number of halogens is 1. The van der Waals surface area contributed by atoms with Crippen molar-refractivity contribution in [2.45, 2.75) is 20.1 Å². The molecule has 1 aromatic rings. The molecule has 1 fully saturated rings. The molecule has 150 valence electrons. The number of cyclic esters (lactones) is 1.